The highest BCUT2D eigenvalue weighted by molar-refractivity contribution is 5.65. The first-order valence-corrected chi connectivity index (χ1v) is 7.40. The maximum atomic E-state index is 4.24. The summed E-state index contributed by atoms with van der Waals surface area (Å²) in [5, 5.41) is 0. The predicted octanol–water partition coefficient (Wildman–Crippen LogP) is 4.44. The third-order valence-electron chi connectivity index (χ3n) is 4.29. The Morgan fingerprint density at radius 2 is 2.05 bits per heavy atom. The van der Waals surface area contributed by atoms with Crippen LogP contribution < -0.4 is 0 Å². The summed E-state index contributed by atoms with van der Waals surface area (Å²) in [6.07, 6.45) is 15.4. The van der Waals surface area contributed by atoms with E-state index in [4.69, 9.17) is 0 Å². The van der Waals surface area contributed by atoms with E-state index in [0.717, 1.165) is 5.92 Å². The van der Waals surface area contributed by atoms with E-state index >= 15 is 0 Å². The van der Waals surface area contributed by atoms with Gasteiger partial charge in [0.15, 0.2) is 0 Å². The van der Waals surface area contributed by atoms with Crippen LogP contribution in [0.25, 0.3) is 11.1 Å². The maximum Gasteiger partial charge on any atom is 0.0349 e. The molecule has 0 N–H and O–H groups in total. The van der Waals surface area contributed by atoms with E-state index in [1.54, 1.807) is 0 Å². The van der Waals surface area contributed by atoms with E-state index in [1.807, 2.05) is 12.4 Å². The van der Waals surface area contributed by atoms with Gasteiger partial charge in [-0.25, -0.2) is 0 Å². The van der Waals surface area contributed by atoms with Gasteiger partial charge in [0.05, 0.1) is 0 Å². The van der Waals surface area contributed by atoms with Gasteiger partial charge in [-0.3, -0.25) is 4.98 Å². The summed E-state index contributed by atoms with van der Waals surface area (Å²) < 4.78 is 2.36. The van der Waals surface area contributed by atoms with Crippen molar-refractivity contribution in [1.82, 2.24) is 9.55 Å². The highest BCUT2D eigenvalue weighted by atomic mass is 14.9. The van der Waals surface area contributed by atoms with Crippen molar-refractivity contribution in [2.24, 2.45) is 5.92 Å². The lowest BCUT2D eigenvalue weighted by Gasteiger charge is -2.21. The lowest BCUT2D eigenvalue weighted by atomic mass is 9.89. The van der Waals surface area contributed by atoms with Crippen LogP contribution in [0.5, 0.6) is 0 Å². The van der Waals surface area contributed by atoms with E-state index in [2.05, 4.69) is 41.0 Å². The molecule has 1 saturated carbocycles. The van der Waals surface area contributed by atoms with Crippen LogP contribution in [0.3, 0.4) is 0 Å². The molecule has 1 aliphatic carbocycles. The van der Waals surface area contributed by atoms with E-state index in [0.29, 0.717) is 0 Å². The molecule has 0 aliphatic heterocycles. The molecular weight excluding hydrogens is 232 g/mol. The van der Waals surface area contributed by atoms with E-state index in [1.165, 1.54) is 55.3 Å². The summed E-state index contributed by atoms with van der Waals surface area (Å²) in [7, 11) is 0. The van der Waals surface area contributed by atoms with Crippen molar-refractivity contribution in [2.45, 2.75) is 45.6 Å². The Balaban J connectivity index is 1.74. The van der Waals surface area contributed by atoms with Gasteiger partial charge in [0.25, 0.3) is 0 Å². The first-order valence-electron chi connectivity index (χ1n) is 7.40. The predicted molar refractivity (Wildman–Crippen MR) is 79.0 cm³/mol. The van der Waals surface area contributed by atoms with Crippen LogP contribution in [0.1, 0.15) is 37.7 Å². The lowest BCUT2D eigenvalue weighted by molar-refractivity contribution is 0.319. The van der Waals surface area contributed by atoms with Crippen molar-refractivity contribution in [1.29, 1.82) is 0 Å². The maximum absolute atomic E-state index is 4.24. The molecule has 0 bridgehead atoms. The summed E-state index contributed by atoms with van der Waals surface area (Å²) in [5.41, 5.74) is 3.84. The van der Waals surface area contributed by atoms with Gasteiger partial charge in [0.2, 0.25) is 0 Å². The van der Waals surface area contributed by atoms with Crippen molar-refractivity contribution in [2.75, 3.05) is 0 Å². The van der Waals surface area contributed by atoms with E-state index in [-0.39, 0.29) is 0 Å². The molecule has 0 radical (unpaired) electrons. The first-order chi connectivity index (χ1) is 9.33. The molecule has 0 amide bonds. The summed E-state index contributed by atoms with van der Waals surface area (Å²) in [6, 6.07) is 4.29. The van der Waals surface area contributed by atoms with E-state index < -0.39 is 0 Å². The Kier molecular flexibility index (Phi) is 3.67. The van der Waals surface area contributed by atoms with Crippen LogP contribution in [0, 0.1) is 12.8 Å². The standard InChI is InChI=1S/C17H22N2/c1-14-7-9-18-11-17(14)16-8-10-19(13-16)12-15-5-3-2-4-6-15/h7-11,13,15H,2-6,12H2,1H3. The zero-order valence-electron chi connectivity index (χ0n) is 11.7. The molecule has 2 aromatic rings. The fourth-order valence-electron chi connectivity index (χ4n) is 3.15. The highest BCUT2D eigenvalue weighted by Crippen LogP contribution is 2.27. The van der Waals surface area contributed by atoms with Crippen LogP contribution in [-0.4, -0.2) is 9.55 Å². The molecule has 19 heavy (non-hydrogen) atoms. The number of rotatable bonds is 3. The minimum Gasteiger partial charge on any atom is -0.353 e. The molecule has 0 saturated heterocycles. The molecule has 2 aromatic heterocycles. The minimum absolute atomic E-state index is 0.879. The summed E-state index contributed by atoms with van der Waals surface area (Å²) in [5.74, 6) is 0.879. The third-order valence-corrected chi connectivity index (χ3v) is 4.29. The smallest absolute Gasteiger partial charge is 0.0349 e. The summed E-state index contributed by atoms with van der Waals surface area (Å²) in [4.78, 5) is 4.24. The highest BCUT2D eigenvalue weighted by Gasteiger charge is 2.14. The number of aromatic nitrogens is 2. The van der Waals surface area contributed by atoms with Crippen LogP contribution in [0.4, 0.5) is 0 Å². The first kappa shape index (κ1) is 12.5. The van der Waals surface area contributed by atoms with Crippen LogP contribution in [0.2, 0.25) is 0 Å². The Morgan fingerprint density at radius 1 is 1.21 bits per heavy atom. The van der Waals surface area contributed by atoms with Gasteiger partial charge in [0.1, 0.15) is 0 Å². The summed E-state index contributed by atoms with van der Waals surface area (Å²) in [6.45, 7) is 3.33. The molecule has 1 fully saturated rings. The zero-order chi connectivity index (χ0) is 13.1. The van der Waals surface area contributed by atoms with Crippen LogP contribution in [0.15, 0.2) is 36.9 Å². The second kappa shape index (κ2) is 5.60. The fraction of sp³-hybridized carbons (Fsp3) is 0.471. The monoisotopic (exact) mass is 254 g/mol. The number of hydrogen-bond donors (Lipinski definition) is 0. The van der Waals surface area contributed by atoms with Crippen molar-refractivity contribution in [3.8, 4) is 11.1 Å². The quantitative estimate of drug-likeness (QED) is 0.791. The average Bonchev–Trinajstić information content (AvgIpc) is 2.89. The third kappa shape index (κ3) is 2.89. The molecule has 0 aromatic carbocycles. The number of nitrogens with zero attached hydrogens (tertiary/aromatic N) is 2. The van der Waals surface area contributed by atoms with Crippen molar-refractivity contribution in [3.63, 3.8) is 0 Å². The minimum atomic E-state index is 0.879. The average molecular weight is 254 g/mol. The van der Waals surface area contributed by atoms with Gasteiger partial charge in [-0.15, -0.1) is 0 Å². The van der Waals surface area contributed by atoms with Gasteiger partial charge in [-0.1, -0.05) is 19.3 Å². The summed E-state index contributed by atoms with van der Waals surface area (Å²) >= 11 is 0. The number of hydrogen-bond acceptors (Lipinski definition) is 1. The van der Waals surface area contributed by atoms with Crippen molar-refractivity contribution in [3.05, 3.63) is 42.5 Å². The zero-order valence-corrected chi connectivity index (χ0v) is 11.7. The topological polar surface area (TPSA) is 17.8 Å². The van der Waals surface area contributed by atoms with Crippen LogP contribution in [-0.2, 0) is 6.54 Å². The van der Waals surface area contributed by atoms with Crippen molar-refractivity contribution < 1.29 is 0 Å². The Labute approximate surface area is 115 Å². The normalized spacial score (nSPS) is 16.7. The van der Waals surface area contributed by atoms with Gasteiger partial charge in [0, 0.05) is 42.5 Å². The largest absolute Gasteiger partial charge is 0.353 e. The number of aryl methyl sites for hydroxylation is 1. The fourth-order valence-corrected chi connectivity index (χ4v) is 3.15. The van der Waals surface area contributed by atoms with Gasteiger partial charge in [-0.2, -0.15) is 0 Å². The second-order valence-corrected chi connectivity index (χ2v) is 5.79. The van der Waals surface area contributed by atoms with E-state index in [9.17, 15) is 0 Å². The molecule has 0 atom stereocenters. The second-order valence-electron chi connectivity index (χ2n) is 5.79. The molecule has 3 rings (SSSR count). The van der Waals surface area contributed by atoms with Crippen molar-refractivity contribution >= 4 is 0 Å². The Hall–Kier alpha value is -1.57. The molecular formula is C17H22N2. The molecule has 2 heterocycles. The molecule has 1 aliphatic rings. The molecule has 0 spiro atoms. The van der Waals surface area contributed by atoms with Gasteiger partial charge in [-0.05, 0) is 43.4 Å². The molecule has 0 unspecified atom stereocenters. The van der Waals surface area contributed by atoms with Gasteiger partial charge < -0.3 is 4.57 Å². The van der Waals surface area contributed by atoms with Gasteiger partial charge >= 0.3 is 0 Å². The molecule has 2 nitrogen and oxygen atoms in total. The Bertz CT molecular complexity index is 536. The SMILES string of the molecule is Cc1ccncc1-c1ccn(CC2CCCCC2)c1. The lowest BCUT2D eigenvalue weighted by Crippen LogP contribution is -2.12. The molecule has 2 heteroatoms. The number of pyridine rings is 1. The van der Waals surface area contributed by atoms with Crippen LogP contribution >= 0.6 is 0 Å². The molecule has 100 valence electrons. The Morgan fingerprint density at radius 3 is 2.84 bits per heavy atom.